The molecule has 16 heavy (non-hydrogen) atoms. The Morgan fingerprint density at radius 1 is 1.38 bits per heavy atom. The number of esters is 1. The van der Waals surface area contributed by atoms with Crippen LogP contribution in [0.5, 0.6) is 0 Å². The molecule has 0 atom stereocenters. The number of benzene rings is 1. The molecule has 1 aromatic carbocycles. The Morgan fingerprint density at radius 2 is 2.06 bits per heavy atom. The molecule has 0 radical (unpaired) electrons. The second-order valence-corrected chi connectivity index (χ2v) is 4.42. The van der Waals surface area contributed by atoms with Crippen molar-refractivity contribution < 1.29 is 13.9 Å². The molecule has 0 aromatic heterocycles. The van der Waals surface area contributed by atoms with Gasteiger partial charge in [-0.3, -0.25) is 0 Å². The molecule has 0 unspecified atom stereocenters. The lowest BCUT2D eigenvalue weighted by Crippen LogP contribution is -2.22. The molecule has 1 aromatic rings. The molecule has 0 N–H and O–H groups in total. The molecule has 0 amide bonds. The van der Waals surface area contributed by atoms with Gasteiger partial charge >= 0.3 is 5.97 Å². The average Bonchev–Trinajstić information content (AvgIpc) is 2.12. The highest BCUT2D eigenvalue weighted by Gasteiger charge is 2.13. The summed E-state index contributed by atoms with van der Waals surface area (Å²) < 4.78 is 17.9. The van der Waals surface area contributed by atoms with Crippen molar-refractivity contribution in [3.8, 4) is 0 Å². The molecule has 2 nitrogen and oxygen atoms in total. The maximum atomic E-state index is 12.8. The van der Waals surface area contributed by atoms with Crippen LogP contribution in [0.1, 0.15) is 26.3 Å². The summed E-state index contributed by atoms with van der Waals surface area (Å²) in [7, 11) is 0. The molecule has 0 saturated carbocycles. The molecule has 0 saturated heterocycles. The van der Waals surface area contributed by atoms with Gasteiger partial charge in [-0.05, 0) is 44.5 Å². The van der Waals surface area contributed by atoms with Crippen LogP contribution in [0, 0.1) is 5.82 Å². The van der Waals surface area contributed by atoms with Crippen LogP contribution in [0.15, 0.2) is 30.3 Å². The van der Waals surface area contributed by atoms with E-state index in [-0.39, 0.29) is 5.82 Å². The molecule has 0 aliphatic heterocycles. The van der Waals surface area contributed by atoms with E-state index in [1.54, 1.807) is 32.9 Å². The van der Waals surface area contributed by atoms with Crippen LogP contribution >= 0.6 is 0 Å². The van der Waals surface area contributed by atoms with Crippen LogP contribution < -0.4 is 0 Å². The first-order valence-electron chi connectivity index (χ1n) is 5.03. The minimum Gasteiger partial charge on any atom is -0.457 e. The first-order chi connectivity index (χ1) is 7.37. The van der Waals surface area contributed by atoms with Crippen molar-refractivity contribution in [3.05, 3.63) is 41.7 Å². The summed E-state index contributed by atoms with van der Waals surface area (Å²) in [5, 5.41) is 0. The molecule has 0 aliphatic rings. The summed E-state index contributed by atoms with van der Waals surface area (Å²) in [6.07, 6.45) is 2.82. The van der Waals surface area contributed by atoms with Crippen molar-refractivity contribution in [1.82, 2.24) is 0 Å². The predicted molar refractivity (Wildman–Crippen MR) is 61.3 cm³/mol. The van der Waals surface area contributed by atoms with Gasteiger partial charge in [0.05, 0.1) is 0 Å². The molecule has 0 heterocycles. The van der Waals surface area contributed by atoms with Gasteiger partial charge in [-0.2, -0.15) is 0 Å². The molecule has 0 fully saturated rings. The zero-order valence-corrected chi connectivity index (χ0v) is 9.66. The fourth-order valence-electron chi connectivity index (χ4n) is 1.11. The maximum Gasteiger partial charge on any atom is 0.331 e. The third-order valence-corrected chi connectivity index (χ3v) is 1.67. The zero-order chi connectivity index (χ0) is 12.2. The maximum absolute atomic E-state index is 12.8. The molecule has 1 rings (SSSR count). The van der Waals surface area contributed by atoms with Crippen LogP contribution in [-0.4, -0.2) is 11.6 Å². The van der Waals surface area contributed by atoms with Crippen molar-refractivity contribution in [2.24, 2.45) is 0 Å². The Kier molecular flexibility index (Phi) is 3.82. The Labute approximate surface area is 94.7 Å². The monoisotopic (exact) mass is 222 g/mol. The highest BCUT2D eigenvalue weighted by Crippen LogP contribution is 2.09. The number of halogens is 1. The number of carbonyl (C=O) groups excluding carboxylic acids is 1. The predicted octanol–water partition coefficient (Wildman–Crippen LogP) is 3.18. The molecular weight excluding hydrogens is 207 g/mol. The summed E-state index contributed by atoms with van der Waals surface area (Å²) >= 11 is 0. The topological polar surface area (TPSA) is 26.3 Å². The van der Waals surface area contributed by atoms with Gasteiger partial charge in [0.2, 0.25) is 0 Å². The lowest BCUT2D eigenvalue weighted by atomic mass is 10.2. The SMILES string of the molecule is CC(C)(C)OC(=O)C=Cc1cccc(F)c1. The average molecular weight is 222 g/mol. The van der Waals surface area contributed by atoms with E-state index in [2.05, 4.69) is 0 Å². The summed E-state index contributed by atoms with van der Waals surface area (Å²) in [6.45, 7) is 5.38. The van der Waals surface area contributed by atoms with E-state index < -0.39 is 11.6 Å². The Bertz CT molecular complexity index is 403. The number of ether oxygens (including phenoxy) is 1. The van der Waals surface area contributed by atoms with E-state index in [0.29, 0.717) is 5.56 Å². The largest absolute Gasteiger partial charge is 0.457 e. The number of hydrogen-bond acceptors (Lipinski definition) is 2. The van der Waals surface area contributed by atoms with Crippen LogP contribution in [0.2, 0.25) is 0 Å². The second-order valence-electron chi connectivity index (χ2n) is 4.42. The third kappa shape index (κ3) is 4.73. The second kappa shape index (κ2) is 4.92. The van der Waals surface area contributed by atoms with Crippen molar-refractivity contribution in [2.45, 2.75) is 26.4 Å². The van der Waals surface area contributed by atoms with Crippen molar-refractivity contribution >= 4 is 12.0 Å². The van der Waals surface area contributed by atoms with E-state index in [4.69, 9.17) is 4.74 Å². The number of carbonyl (C=O) groups is 1. The fraction of sp³-hybridized carbons (Fsp3) is 0.308. The summed E-state index contributed by atoms with van der Waals surface area (Å²) in [4.78, 5) is 11.3. The fourth-order valence-corrected chi connectivity index (χ4v) is 1.11. The van der Waals surface area contributed by atoms with Crippen molar-refractivity contribution in [2.75, 3.05) is 0 Å². The zero-order valence-electron chi connectivity index (χ0n) is 9.66. The van der Waals surface area contributed by atoms with Gasteiger partial charge in [0.25, 0.3) is 0 Å². The van der Waals surface area contributed by atoms with Crippen LogP contribution in [0.4, 0.5) is 4.39 Å². The minimum absolute atomic E-state index is 0.327. The molecule has 3 heteroatoms. The highest BCUT2D eigenvalue weighted by molar-refractivity contribution is 5.87. The van der Waals surface area contributed by atoms with Gasteiger partial charge in [-0.25, -0.2) is 9.18 Å². The van der Waals surface area contributed by atoms with Crippen LogP contribution in [0.25, 0.3) is 6.08 Å². The van der Waals surface area contributed by atoms with Gasteiger partial charge in [-0.1, -0.05) is 12.1 Å². The number of rotatable bonds is 2. The quantitative estimate of drug-likeness (QED) is 0.567. The highest BCUT2D eigenvalue weighted by atomic mass is 19.1. The van der Waals surface area contributed by atoms with E-state index in [0.717, 1.165) is 0 Å². The van der Waals surface area contributed by atoms with Crippen molar-refractivity contribution in [3.63, 3.8) is 0 Å². The van der Waals surface area contributed by atoms with Gasteiger partial charge in [-0.15, -0.1) is 0 Å². The Morgan fingerprint density at radius 3 is 2.62 bits per heavy atom. The van der Waals surface area contributed by atoms with Gasteiger partial charge in [0.1, 0.15) is 11.4 Å². The first kappa shape index (κ1) is 12.4. The molecule has 0 aliphatic carbocycles. The van der Waals surface area contributed by atoms with Gasteiger partial charge in [0.15, 0.2) is 0 Å². The smallest absolute Gasteiger partial charge is 0.331 e. The molecule has 0 bridgehead atoms. The van der Waals surface area contributed by atoms with E-state index in [9.17, 15) is 9.18 Å². The summed E-state index contributed by atoms with van der Waals surface area (Å²) in [6, 6.07) is 6.00. The normalized spacial score (nSPS) is 11.8. The molecular formula is C13H15FO2. The summed E-state index contributed by atoms with van der Waals surface area (Å²) in [5.41, 5.74) is 0.120. The molecule has 0 spiro atoms. The Hall–Kier alpha value is -1.64. The number of hydrogen-bond donors (Lipinski definition) is 0. The van der Waals surface area contributed by atoms with Crippen LogP contribution in [0.3, 0.4) is 0 Å². The van der Waals surface area contributed by atoms with E-state index >= 15 is 0 Å². The van der Waals surface area contributed by atoms with Gasteiger partial charge < -0.3 is 4.74 Å². The lowest BCUT2D eigenvalue weighted by Gasteiger charge is -2.17. The van der Waals surface area contributed by atoms with E-state index in [1.165, 1.54) is 24.3 Å². The molecule has 86 valence electrons. The standard InChI is InChI=1S/C13H15FO2/c1-13(2,3)16-12(15)8-7-10-5-4-6-11(14)9-10/h4-9H,1-3H3. The van der Waals surface area contributed by atoms with Gasteiger partial charge in [0, 0.05) is 6.08 Å². The lowest BCUT2D eigenvalue weighted by molar-refractivity contribution is -0.148. The van der Waals surface area contributed by atoms with Crippen LogP contribution in [-0.2, 0) is 9.53 Å². The van der Waals surface area contributed by atoms with Crippen molar-refractivity contribution in [1.29, 1.82) is 0 Å². The summed E-state index contributed by atoms with van der Waals surface area (Å²) in [5.74, 6) is -0.761. The van der Waals surface area contributed by atoms with E-state index in [1.807, 2.05) is 0 Å². The Balaban J connectivity index is 2.64. The third-order valence-electron chi connectivity index (χ3n) is 1.67. The minimum atomic E-state index is -0.511. The first-order valence-corrected chi connectivity index (χ1v) is 5.03.